The molecule has 1 saturated heterocycles. The molecule has 4 nitrogen and oxygen atoms in total. The predicted molar refractivity (Wildman–Crippen MR) is 63.1 cm³/mol. The van der Waals surface area contributed by atoms with Crippen molar-refractivity contribution in [1.29, 1.82) is 0 Å². The molecule has 1 aliphatic rings. The van der Waals surface area contributed by atoms with Crippen molar-refractivity contribution in [2.24, 2.45) is 0 Å². The van der Waals surface area contributed by atoms with Crippen LogP contribution < -0.4 is 0 Å². The van der Waals surface area contributed by atoms with Gasteiger partial charge in [0.1, 0.15) is 17.6 Å². The van der Waals surface area contributed by atoms with Crippen molar-refractivity contribution in [2.75, 3.05) is 19.7 Å². The second-order valence-electron chi connectivity index (χ2n) is 3.18. The maximum atomic E-state index is 5.63. The molecule has 0 radical (unpaired) electrons. The fourth-order valence-electron chi connectivity index (χ4n) is 1.40. The highest BCUT2D eigenvalue weighted by Gasteiger charge is 2.24. The van der Waals surface area contributed by atoms with Gasteiger partial charge in [0, 0.05) is 40.4 Å². The number of morpholine rings is 1. The van der Waals surface area contributed by atoms with E-state index >= 15 is 0 Å². The summed E-state index contributed by atoms with van der Waals surface area (Å²) in [5.41, 5.74) is 0.901. The zero-order chi connectivity index (χ0) is 9.97. The van der Waals surface area contributed by atoms with Gasteiger partial charge < -0.3 is 9.26 Å². The molecule has 0 aromatic carbocycles. The van der Waals surface area contributed by atoms with Crippen molar-refractivity contribution in [3.63, 3.8) is 0 Å². The van der Waals surface area contributed by atoms with E-state index in [1.165, 1.54) is 0 Å². The molecular formula is C8H11IN2O2S. The monoisotopic (exact) mass is 326 g/mol. The molecule has 1 atom stereocenters. The average molecular weight is 326 g/mol. The summed E-state index contributed by atoms with van der Waals surface area (Å²) in [5.74, 6) is 0.836. The number of aryl methyl sites for hydroxylation is 1. The molecule has 6 heteroatoms. The second-order valence-corrected chi connectivity index (χ2v) is 5.01. The number of aromatic nitrogens is 1. The summed E-state index contributed by atoms with van der Waals surface area (Å²) < 4.78 is 12.9. The summed E-state index contributed by atoms with van der Waals surface area (Å²) in [6, 6.07) is 1.94. The Morgan fingerprint density at radius 1 is 1.71 bits per heavy atom. The highest BCUT2D eigenvalue weighted by Crippen LogP contribution is 2.28. The van der Waals surface area contributed by atoms with E-state index in [-0.39, 0.29) is 6.10 Å². The fourth-order valence-corrected chi connectivity index (χ4v) is 2.81. The lowest BCUT2D eigenvalue weighted by Gasteiger charge is -2.28. The van der Waals surface area contributed by atoms with Crippen LogP contribution in [-0.4, -0.2) is 29.2 Å². The number of rotatable bonds is 2. The Labute approximate surface area is 99.1 Å². The molecule has 14 heavy (non-hydrogen) atoms. The number of ether oxygens (including phenoxy) is 1. The van der Waals surface area contributed by atoms with Crippen LogP contribution in [0.3, 0.4) is 0 Å². The van der Waals surface area contributed by atoms with Crippen LogP contribution in [0.1, 0.15) is 17.6 Å². The van der Waals surface area contributed by atoms with Gasteiger partial charge in [0.2, 0.25) is 0 Å². The number of hydrogen-bond donors (Lipinski definition) is 0. The van der Waals surface area contributed by atoms with Gasteiger partial charge in [-0.15, -0.1) is 0 Å². The third-order valence-corrected chi connectivity index (χ3v) is 4.30. The van der Waals surface area contributed by atoms with E-state index in [0.717, 1.165) is 31.2 Å². The summed E-state index contributed by atoms with van der Waals surface area (Å²) in [4.78, 5) is 0. The maximum Gasteiger partial charge on any atom is 0.134 e. The molecule has 1 aromatic heterocycles. The van der Waals surface area contributed by atoms with Gasteiger partial charge in [0.25, 0.3) is 0 Å². The van der Waals surface area contributed by atoms with Crippen LogP contribution >= 0.6 is 30.3 Å². The molecular weight excluding hydrogens is 315 g/mol. The van der Waals surface area contributed by atoms with Crippen molar-refractivity contribution in [1.82, 2.24) is 9.46 Å². The highest BCUT2D eigenvalue weighted by molar-refractivity contribution is 14.2. The van der Waals surface area contributed by atoms with Crippen molar-refractivity contribution >= 4 is 30.3 Å². The van der Waals surface area contributed by atoms with E-state index in [1.807, 2.05) is 13.0 Å². The Morgan fingerprint density at radius 3 is 3.21 bits per heavy atom. The topological polar surface area (TPSA) is 38.5 Å². The standard InChI is InChI=1S/C8H11IN2O2S/c1-6-4-7(10-13-6)8-5-11(14-9)2-3-12-8/h4,8H,2-3,5H2,1H3/t8-/m1/s1. The van der Waals surface area contributed by atoms with Crippen LogP contribution in [0.15, 0.2) is 10.6 Å². The smallest absolute Gasteiger partial charge is 0.134 e. The van der Waals surface area contributed by atoms with Crippen molar-refractivity contribution in [3.05, 3.63) is 17.5 Å². The molecule has 2 rings (SSSR count). The Morgan fingerprint density at radius 2 is 2.57 bits per heavy atom. The highest BCUT2D eigenvalue weighted by atomic mass is 127. The molecule has 1 fully saturated rings. The first-order valence-electron chi connectivity index (χ1n) is 4.38. The van der Waals surface area contributed by atoms with Crippen molar-refractivity contribution in [2.45, 2.75) is 13.0 Å². The van der Waals surface area contributed by atoms with Crippen LogP contribution in [0.25, 0.3) is 0 Å². The summed E-state index contributed by atoms with van der Waals surface area (Å²) in [7, 11) is 1.72. The fraction of sp³-hybridized carbons (Fsp3) is 0.625. The molecule has 2 heterocycles. The lowest BCUT2D eigenvalue weighted by molar-refractivity contribution is -0.00288. The minimum atomic E-state index is 0.0588. The minimum absolute atomic E-state index is 0.0588. The van der Waals surface area contributed by atoms with E-state index in [4.69, 9.17) is 9.26 Å². The zero-order valence-electron chi connectivity index (χ0n) is 7.77. The van der Waals surface area contributed by atoms with Gasteiger partial charge in [-0.1, -0.05) is 5.16 Å². The number of hydrogen-bond acceptors (Lipinski definition) is 5. The normalized spacial score (nSPS) is 24.0. The second kappa shape index (κ2) is 4.82. The van der Waals surface area contributed by atoms with E-state index in [2.05, 4.69) is 30.7 Å². The van der Waals surface area contributed by atoms with Gasteiger partial charge in [0.05, 0.1) is 6.61 Å². The molecule has 0 saturated carbocycles. The van der Waals surface area contributed by atoms with Gasteiger partial charge in [0.15, 0.2) is 0 Å². The third-order valence-electron chi connectivity index (χ3n) is 2.10. The summed E-state index contributed by atoms with van der Waals surface area (Å²) in [6.07, 6.45) is 0.0588. The summed E-state index contributed by atoms with van der Waals surface area (Å²) in [6.45, 7) is 4.50. The summed E-state index contributed by atoms with van der Waals surface area (Å²) in [5, 5.41) is 3.97. The molecule has 0 aliphatic carbocycles. The SMILES string of the molecule is Cc1cc([C@H]2CN(SI)CCO2)no1. The van der Waals surface area contributed by atoms with Gasteiger partial charge in [-0.05, 0) is 16.0 Å². The van der Waals surface area contributed by atoms with Crippen LogP contribution in [0.5, 0.6) is 0 Å². The van der Waals surface area contributed by atoms with E-state index in [0.29, 0.717) is 0 Å². The van der Waals surface area contributed by atoms with Gasteiger partial charge in [-0.25, -0.2) is 4.31 Å². The lowest BCUT2D eigenvalue weighted by atomic mass is 10.2. The minimum Gasteiger partial charge on any atom is -0.369 e. The molecule has 78 valence electrons. The van der Waals surface area contributed by atoms with Crippen LogP contribution in [0, 0.1) is 6.92 Å². The van der Waals surface area contributed by atoms with Crippen molar-refractivity contribution in [3.8, 4) is 0 Å². The Kier molecular flexibility index (Phi) is 3.69. The molecule has 0 amide bonds. The molecule has 1 aliphatic heterocycles. The van der Waals surface area contributed by atoms with Crippen LogP contribution in [0.4, 0.5) is 0 Å². The molecule has 1 aromatic rings. The quantitative estimate of drug-likeness (QED) is 0.616. The van der Waals surface area contributed by atoms with Gasteiger partial charge >= 0.3 is 0 Å². The Bertz CT molecular complexity index is 307. The molecule has 0 unspecified atom stereocenters. The maximum absolute atomic E-state index is 5.63. The number of halogens is 1. The molecule has 0 bridgehead atoms. The Hall–Kier alpha value is 0.210. The molecule has 0 N–H and O–H groups in total. The largest absolute Gasteiger partial charge is 0.369 e. The first-order valence-corrected chi connectivity index (χ1v) is 7.69. The average Bonchev–Trinajstić information content (AvgIpc) is 2.65. The van der Waals surface area contributed by atoms with Crippen LogP contribution in [0.2, 0.25) is 0 Å². The number of nitrogens with zero attached hydrogens (tertiary/aromatic N) is 2. The van der Waals surface area contributed by atoms with Gasteiger partial charge in [-0.2, -0.15) is 0 Å². The van der Waals surface area contributed by atoms with Gasteiger partial charge in [-0.3, -0.25) is 0 Å². The Balaban J connectivity index is 2.04. The van der Waals surface area contributed by atoms with Crippen molar-refractivity contribution < 1.29 is 9.26 Å². The first kappa shape index (κ1) is 10.7. The lowest BCUT2D eigenvalue weighted by Crippen LogP contribution is -2.33. The summed E-state index contributed by atoms with van der Waals surface area (Å²) >= 11 is 2.28. The van der Waals surface area contributed by atoms with E-state index in [9.17, 15) is 0 Å². The zero-order valence-corrected chi connectivity index (χ0v) is 10.7. The van der Waals surface area contributed by atoms with Crippen LogP contribution in [-0.2, 0) is 4.74 Å². The van der Waals surface area contributed by atoms with E-state index in [1.54, 1.807) is 9.12 Å². The third kappa shape index (κ3) is 2.41. The molecule has 0 spiro atoms. The first-order chi connectivity index (χ1) is 6.79. The van der Waals surface area contributed by atoms with E-state index < -0.39 is 0 Å². The predicted octanol–water partition coefficient (Wildman–Crippen LogP) is 2.35.